The van der Waals surface area contributed by atoms with E-state index in [1.165, 1.54) is 11.3 Å². The molecule has 22 heavy (non-hydrogen) atoms. The molecular weight excluding hydrogens is 278 g/mol. The third kappa shape index (κ3) is 3.81. The van der Waals surface area contributed by atoms with Gasteiger partial charge in [-0.15, -0.1) is 0 Å². The first-order valence-corrected chi connectivity index (χ1v) is 8.17. The molecule has 0 saturated carbocycles. The number of rotatable bonds is 2. The normalized spacial score (nSPS) is 18.4. The van der Waals surface area contributed by atoms with Crippen molar-refractivity contribution in [2.75, 3.05) is 13.1 Å². The minimum absolute atomic E-state index is 0.190. The fraction of sp³-hybridized carbons (Fsp3) is 0.765. The van der Waals surface area contributed by atoms with Crippen LogP contribution in [0.3, 0.4) is 0 Å². The number of likely N-dealkylation sites (tertiary alicyclic amines) is 1. The molecule has 0 radical (unpaired) electrons. The van der Waals surface area contributed by atoms with Crippen molar-refractivity contribution in [3.8, 4) is 0 Å². The molecule has 5 heteroatoms. The zero-order valence-corrected chi connectivity index (χ0v) is 14.7. The highest BCUT2D eigenvalue weighted by Crippen LogP contribution is 2.30. The molecule has 5 nitrogen and oxygen atoms in total. The average molecular weight is 307 g/mol. The molecule has 0 aromatic carbocycles. The van der Waals surface area contributed by atoms with Gasteiger partial charge in [0.1, 0.15) is 5.60 Å². The lowest BCUT2D eigenvalue weighted by Gasteiger charge is -2.36. The van der Waals surface area contributed by atoms with E-state index in [4.69, 9.17) is 4.74 Å². The Morgan fingerprint density at radius 3 is 2.36 bits per heavy atom. The molecule has 1 amide bonds. The fourth-order valence-corrected chi connectivity index (χ4v) is 3.01. The molecule has 1 atom stereocenters. The number of aryl methyl sites for hydroxylation is 1. The Labute approximate surface area is 133 Å². The Morgan fingerprint density at radius 1 is 1.32 bits per heavy atom. The molecule has 1 fully saturated rings. The third-order valence-corrected chi connectivity index (χ3v) is 4.55. The van der Waals surface area contributed by atoms with Gasteiger partial charge in [-0.1, -0.05) is 0 Å². The molecule has 1 aromatic heterocycles. The van der Waals surface area contributed by atoms with Crippen molar-refractivity contribution in [2.45, 2.75) is 66.0 Å². The van der Waals surface area contributed by atoms with Crippen molar-refractivity contribution < 1.29 is 9.53 Å². The topological polar surface area (TPSA) is 47.4 Å². The highest BCUT2D eigenvalue weighted by molar-refractivity contribution is 5.68. The lowest BCUT2D eigenvalue weighted by Crippen LogP contribution is -2.42. The van der Waals surface area contributed by atoms with E-state index in [9.17, 15) is 4.79 Å². The molecule has 0 N–H and O–H groups in total. The summed E-state index contributed by atoms with van der Waals surface area (Å²) in [4.78, 5) is 13.9. The number of amides is 1. The second-order valence-corrected chi connectivity index (χ2v) is 7.40. The van der Waals surface area contributed by atoms with E-state index in [-0.39, 0.29) is 6.09 Å². The number of ether oxygens (including phenoxy) is 1. The number of carbonyl (C=O) groups is 1. The van der Waals surface area contributed by atoms with Crippen molar-refractivity contribution in [1.29, 1.82) is 0 Å². The molecule has 0 unspecified atom stereocenters. The maximum Gasteiger partial charge on any atom is 0.410 e. The summed E-state index contributed by atoms with van der Waals surface area (Å²) < 4.78 is 7.58. The zero-order chi connectivity index (χ0) is 16.5. The van der Waals surface area contributed by atoms with Crippen LogP contribution < -0.4 is 0 Å². The van der Waals surface area contributed by atoms with Crippen LogP contribution in [0.4, 0.5) is 4.79 Å². The molecule has 1 saturated heterocycles. The predicted octanol–water partition coefficient (Wildman–Crippen LogP) is 3.71. The molecular formula is C17H29N3O2. The van der Waals surface area contributed by atoms with Crippen molar-refractivity contribution in [3.05, 3.63) is 17.5 Å². The third-order valence-electron chi connectivity index (χ3n) is 4.55. The van der Waals surface area contributed by atoms with Gasteiger partial charge >= 0.3 is 6.09 Å². The number of aromatic nitrogens is 2. The van der Waals surface area contributed by atoms with Gasteiger partial charge in [-0.25, -0.2) is 4.79 Å². The first-order chi connectivity index (χ1) is 10.2. The van der Waals surface area contributed by atoms with E-state index in [1.54, 1.807) is 0 Å². The van der Waals surface area contributed by atoms with Gasteiger partial charge in [-0.2, -0.15) is 5.10 Å². The first-order valence-electron chi connectivity index (χ1n) is 8.17. The second kappa shape index (κ2) is 6.31. The van der Waals surface area contributed by atoms with E-state index < -0.39 is 5.60 Å². The summed E-state index contributed by atoms with van der Waals surface area (Å²) in [5.41, 5.74) is 2.05. The van der Waals surface area contributed by atoms with E-state index in [0.717, 1.165) is 25.9 Å². The van der Waals surface area contributed by atoms with Crippen molar-refractivity contribution in [1.82, 2.24) is 14.7 Å². The lowest BCUT2D eigenvalue weighted by atomic mass is 9.90. The van der Waals surface area contributed by atoms with Crippen LogP contribution in [0.15, 0.2) is 6.20 Å². The summed E-state index contributed by atoms with van der Waals surface area (Å²) in [5, 5.41) is 4.50. The Balaban J connectivity index is 1.92. The smallest absolute Gasteiger partial charge is 0.410 e. The van der Waals surface area contributed by atoms with Gasteiger partial charge in [0, 0.05) is 18.8 Å². The molecule has 1 aliphatic heterocycles. The van der Waals surface area contributed by atoms with E-state index in [0.29, 0.717) is 12.0 Å². The minimum atomic E-state index is -0.426. The van der Waals surface area contributed by atoms with Crippen LogP contribution in [0, 0.1) is 19.8 Å². The van der Waals surface area contributed by atoms with Crippen molar-refractivity contribution in [2.24, 2.45) is 5.92 Å². The Hall–Kier alpha value is -1.52. The number of piperidine rings is 1. The predicted molar refractivity (Wildman–Crippen MR) is 86.9 cm³/mol. The summed E-state index contributed by atoms with van der Waals surface area (Å²) >= 11 is 0. The van der Waals surface area contributed by atoms with Gasteiger partial charge < -0.3 is 9.64 Å². The van der Waals surface area contributed by atoms with E-state index in [1.807, 2.05) is 31.9 Å². The molecule has 2 rings (SSSR count). The maximum atomic E-state index is 12.1. The fourth-order valence-electron chi connectivity index (χ4n) is 3.01. The van der Waals surface area contributed by atoms with Crippen LogP contribution in [0.5, 0.6) is 0 Å². The van der Waals surface area contributed by atoms with Crippen LogP contribution in [-0.4, -0.2) is 39.5 Å². The number of hydrogen-bond acceptors (Lipinski definition) is 3. The van der Waals surface area contributed by atoms with Gasteiger partial charge in [0.05, 0.1) is 12.2 Å². The summed E-state index contributed by atoms with van der Waals surface area (Å²) in [6, 6.07) is 0.370. The Kier molecular flexibility index (Phi) is 4.83. The second-order valence-electron chi connectivity index (χ2n) is 7.40. The van der Waals surface area contributed by atoms with Crippen molar-refractivity contribution >= 4 is 6.09 Å². The van der Waals surface area contributed by atoms with Gasteiger partial charge in [0.2, 0.25) is 0 Å². The molecule has 0 aliphatic carbocycles. The molecule has 1 aliphatic rings. The van der Waals surface area contributed by atoms with E-state index >= 15 is 0 Å². The van der Waals surface area contributed by atoms with Crippen LogP contribution in [0.1, 0.15) is 57.8 Å². The quantitative estimate of drug-likeness (QED) is 0.837. The molecule has 0 bridgehead atoms. The summed E-state index contributed by atoms with van der Waals surface area (Å²) in [6.45, 7) is 13.7. The highest BCUT2D eigenvalue weighted by atomic mass is 16.6. The number of carbonyl (C=O) groups excluding carboxylic acids is 1. The SMILES string of the molecule is Cc1cnn([C@@H](C)C2CCN(C(=O)OC(C)(C)C)CC2)c1C. The van der Waals surface area contributed by atoms with Crippen LogP contribution >= 0.6 is 0 Å². The molecule has 1 aromatic rings. The Morgan fingerprint density at radius 2 is 1.91 bits per heavy atom. The number of hydrogen-bond donors (Lipinski definition) is 0. The number of nitrogens with zero attached hydrogens (tertiary/aromatic N) is 3. The standard InChI is InChI=1S/C17H29N3O2/c1-12-11-18-20(13(12)2)14(3)15-7-9-19(10-8-15)16(21)22-17(4,5)6/h11,14-15H,7-10H2,1-6H3/t14-/m0/s1. The van der Waals surface area contributed by atoms with Gasteiger partial charge in [-0.05, 0) is 65.9 Å². The molecule has 2 heterocycles. The average Bonchev–Trinajstić information content (AvgIpc) is 2.76. The molecule has 0 spiro atoms. The van der Waals surface area contributed by atoms with E-state index in [2.05, 4.69) is 30.6 Å². The molecule has 124 valence electrons. The van der Waals surface area contributed by atoms with Crippen LogP contribution in [-0.2, 0) is 4.74 Å². The summed E-state index contributed by atoms with van der Waals surface area (Å²) in [6.07, 6.45) is 3.74. The van der Waals surface area contributed by atoms with Gasteiger partial charge in [0.15, 0.2) is 0 Å². The van der Waals surface area contributed by atoms with Gasteiger partial charge in [0.25, 0.3) is 0 Å². The summed E-state index contributed by atoms with van der Waals surface area (Å²) in [5.74, 6) is 0.552. The first kappa shape index (κ1) is 16.8. The lowest BCUT2D eigenvalue weighted by molar-refractivity contribution is 0.0163. The Bertz CT molecular complexity index is 522. The summed E-state index contributed by atoms with van der Waals surface area (Å²) in [7, 11) is 0. The van der Waals surface area contributed by atoms with Crippen LogP contribution in [0.25, 0.3) is 0 Å². The maximum absolute atomic E-state index is 12.1. The minimum Gasteiger partial charge on any atom is -0.444 e. The van der Waals surface area contributed by atoms with Crippen LogP contribution in [0.2, 0.25) is 0 Å². The zero-order valence-electron chi connectivity index (χ0n) is 14.7. The monoisotopic (exact) mass is 307 g/mol. The van der Waals surface area contributed by atoms with Gasteiger partial charge in [-0.3, -0.25) is 4.68 Å². The highest BCUT2D eigenvalue weighted by Gasteiger charge is 2.30. The van der Waals surface area contributed by atoms with Crippen molar-refractivity contribution in [3.63, 3.8) is 0 Å². The largest absolute Gasteiger partial charge is 0.444 e.